The summed E-state index contributed by atoms with van der Waals surface area (Å²) in [4.78, 5) is 23.2. The molecule has 0 fully saturated rings. The highest BCUT2D eigenvalue weighted by molar-refractivity contribution is 9.10. The molecule has 0 spiro atoms. The summed E-state index contributed by atoms with van der Waals surface area (Å²) in [6.45, 7) is 1.24. The lowest BCUT2D eigenvalue weighted by molar-refractivity contribution is -0.120. The van der Waals surface area contributed by atoms with Crippen LogP contribution in [0.25, 0.3) is 0 Å². The quantitative estimate of drug-likeness (QED) is 0.648. The van der Waals surface area contributed by atoms with E-state index in [9.17, 15) is 14.0 Å². The summed E-state index contributed by atoms with van der Waals surface area (Å²) in [5, 5.41) is 5.25. The molecule has 1 aromatic rings. The third-order valence-electron chi connectivity index (χ3n) is 2.51. The maximum atomic E-state index is 13.1. The Morgan fingerprint density at radius 2 is 2.00 bits per heavy atom. The maximum Gasteiger partial charge on any atom is 0.252 e. The van der Waals surface area contributed by atoms with Crippen LogP contribution in [0.2, 0.25) is 0 Å². The number of nitrogens with two attached hydrogens (primary N) is 1. The fourth-order valence-corrected chi connectivity index (χ4v) is 1.90. The minimum atomic E-state index is -0.488. The first-order chi connectivity index (χ1) is 9.54. The third kappa shape index (κ3) is 5.66. The van der Waals surface area contributed by atoms with Crippen LogP contribution >= 0.6 is 15.9 Å². The lowest BCUT2D eigenvalue weighted by atomic mass is 10.2. The fraction of sp³-hybridized carbons (Fsp3) is 0.385. The second-order valence-electron chi connectivity index (χ2n) is 4.12. The molecule has 0 aromatic heterocycles. The molecule has 0 saturated heterocycles. The van der Waals surface area contributed by atoms with Crippen LogP contribution in [0.3, 0.4) is 0 Å². The number of rotatable bonds is 7. The predicted octanol–water partition coefficient (Wildman–Crippen LogP) is 1.17. The second kappa shape index (κ2) is 8.65. The van der Waals surface area contributed by atoms with E-state index in [0.29, 0.717) is 24.0 Å². The van der Waals surface area contributed by atoms with Gasteiger partial charge in [0.15, 0.2) is 0 Å². The van der Waals surface area contributed by atoms with Crippen LogP contribution in [0.4, 0.5) is 4.39 Å². The topological polar surface area (TPSA) is 84.2 Å². The Labute approximate surface area is 125 Å². The molecule has 110 valence electrons. The van der Waals surface area contributed by atoms with Crippen LogP contribution in [0.1, 0.15) is 23.2 Å². The number of amides is 2. The molecule has 0 aliphatic heterocycles. The molecule has 5 nitrogen and oxygen atoms in total. The molecule has 0 atom stereocenters. The summed E-state index contributed by atoms with van der Waals surface area (Å²) in [6, 6.07) is 3.86. The minimum absolute atomic E-state index is 0.156. The molecule has 0 unspecified atom stereocenters. The highest BCUT2D eigenvalue weighted by atomic mass is 79.9. The van der Waals surface area contributed by atoms with Crippen molar-refractivity contribution < 1.29 is 14.0 Å². The zero-order chi connectivity index (χ0) is 15.0. The normalized spacial score (nSPS) is 10.2. The number of carbonyl (C=O) groups excluding carboxylic acids is 2. The van der Waals surface area contributed by atoms with Crippen molar-refractivity contribution >= 4 is 27.7 Å². The van der Waals surface area contributed by atoms with Gasteiger partial charge in [-0.05, 0) is 47.1 Å². The molecule has 4 N–H and O–H groups in total. The van der Waals surface area contributed by atoms with Crippen molar-refractivity contribution in [3.63, 3.8) is 0 Å². The number of halogens is 2. The van der Waals surface area contributed by atoms with E-state index in [0.717, 1.165) is 6.07 Å². The van der Waals surface area contributed by atoms with Gasteiger partial charge in [-0.2, -0.15) is 0 Å². The number of nitrogens with one attached hydrogen (secondary N) is 2. The number of hydrogen-bond acceptors (Lipinski definition) is 3. The maximum absolute atomic E-state index is 13.1. The van der Waals surface area contributed by atoms with Crippen LogP contribution in [0, 0.1) is 5.82 Å². The van der Waals surface area contributed by atoms with Gasteiger partial charge < -0.3 is 16.4 Å². The van der Waals surface area contributed by atoms with Crippen molar-refractivity contribution in [2.24, 2.45) is 5.73 Å². The third-order valence-corrected chi connectivity index (χ3v) is 3.21. The number of carbonyl (C=O) groups is 2. The van der Waals surface area contributed by atoms with Gasteiger partial charge in [0.25, 0.3) is 5.91 Å². The van der Waals surface area contributed by atoms with Crippen LogP contribution in [-0.4, -0.2) is 31.4 Å². The van der Waals surface area contributed by atoms with Gasteiger partial charge in [0, 0.05) is 24.0 Å². The van der Waals surface area contributed by atoms with Gasteiger partial charge in [0.05, 0.1) is 5.56 Å². The van der Waals surface area contributed by atoms with Gasteiger partial charge in [-0.15, -0.1) is 0 Å². The largest absolute Gasteiger partial charge is 0.356 e. The molecule has 0 saturated carbocycles. The Hall–Kier alpha value is -1.47. The molecular weight excluding hydrogens is 329 g/mol. The number of benzene rings is 1. The molecular formula is C13H17BrFN3O2. The summed E-state index contributed by atoms with van der Waals surface area (Å²) in [6.07, 6.45) is 0.886. The van der Waals surface area contributed by atoms with E-state index in [4.69, 9.17) is 5.73 Å². The molecule has 0 aliphatic rings. The van der Waals surface area contributed by atoms with Crippen molar-refractivity contribution in [1.29, 1.82) is 0 Å². The van der Waals surface area contributed by atoms with Crippen molar-refractivity contribution in [2.75, 3.05) is 19.6 Å². The summed E-state index contributed by atoms with van der Waals surface area (Å²) in [5.41, 5.74) is 5.50. The van der Waals surface area contributed by atoms with Crippen LogP contribution in [0.15, 0.2) is 22.7 Å². The molecule has 0 aliphatic carbocycles. The highest BCUT2D eigenvalue weighted by Gasteiger charge is 2.11. The van der Waals surface area contributed by atoms with E-state index in [1.54, 1.807) is 0 Å². The van der Waals surface area contributed by atoms with E-state index in [1.807, 2.05) is 0 Å². The Morgan fingerprint density at radius 3 is 2.70 bits per heavy atom. The Balaban J connectivity index is 2.36. The van der Waals surface area contributed by atoms with Crippen molar-refractivity contribution in [1.82, 2.24) is 10.6 Å². The SMILES string of the molecule is NCCCNC(=O)CCNC(=O)c1cc(F)ccc1Br. The molecule has 1 rings (SSSR count). The monoisotopic (exact) mass is 345 g/mol. The molecule has 0 heterocycles. The van der Waals surface area contributed by atoms with Crippen molar-refractivity contribution in [3.8, 4) is 0 Å². The van der Waals surface area contributed by atoms with Crippen LogP contribution < -0.4 is 16.4 Å². The van der Waals surface area contributed by atoms with Crippen LogP contribution in [0.5, 0.6) is 0 Å². The van der Waals surface area contributed by atoms with Gasteiger partial charge >= 0.3 is 0 Å². The summed E-state index contributed by atoms with van der Waals surface area (Å²) in [7, 11) is 0. The fourth-order valence-electron chi connectivity index (χ4n) is 1.47. The summed E-state index contributed by atoms with van der Waals surface area (Å²) >= 11 is 3.18. The smallest absolute Gasteiger partial charge is 0.252 e. The Bertz CT molecular complexity index is 483. The zero-order valence-corrected chi connectivity index (χ0v) is 12.5. The van der Waals surface area contributed by atoms with Gasteiger partial charge in [0.1, 0.15) is 5.82 Å². The van der Waals surface area contributed by atoms with Crippen molar-refractivity contribution in [2.45, 2.75) is 12.8 Å². The molecule has 20 heavy (non-hydrogen) atoms. The average molecular weight is 346 g/mol. The number of hydrogen-bond donors (Lipinski definition) is 3. The molecule has 0 radical (unpaired) electrons. The Kier molecular flexibility index (Phi) is 7.17. The second-order valence-corrected chi connectivity index (χ2v) is 4.98. The van der Waals surface area contributed by atoms with E-state index in [2.05, 4.69) is 26.6 Å². The highest BCUT2D eigenvalue weighted by Crippen LogP contribution is 2.17. The molecule has 7 heteroatoms. The van der Waals surface area contributed by atoms with Gasteiger partial charge in [0.2, 0.25) is 5.91 Å². The molecule has 0 bridgehead atoms. The van der Waals surface area contributed by atoms with E-state index in [1.165, 1.54) is 12.1 Å². The average Bonchev–Trinajstić information content (AvgIpc) is 2.41. The van der Waals surface area contributed by atoms with E-state index >= 15 is 0 Å². The van der Waals surface area contributed by atoms with E-state index in [-0.39, 0.29) is 24.4 Å². The first-order valence-electron chi connectivity index (χ1n) is 6.24. The van der Waals surface area contributed by atoms with Gasteiger partial charge in [-0.3, -0.25) is 9.59 Å². The first kappa shape index (κ1) is 16.6. The lowest BCUT2D eigenvalue weighted by Gasteiger charge is -2.07. The zero-order valence-electron chi connectivity index (χ0n) is 10.9. The summed E-state index contributed by atoms with van der Waals surface area (Å²) < 4.78 is 13.6. The predicted molar refractivity (Wildman–Crippen MR) is 77.7 cm³/mol. The lowest BCUT2D eigenvalue weighted by Crippen LogP contribution is -2.31. The van der Waals surface area contributed by atoms with Crippen molar-refractivity contribution in [3.05, 3.63) is 34.1 Å². The minimum Gasteiger partial charge on any atom is -0.356 e. The molecule has 2 amide bonds. The Morgan fingerprint density at radius 1 is 1.25 bits per heavy atom. The van der Waals surface area contributed by atoms with Gasteiger partial charge in [-0.1, -0.05) is 0 Å². The standard InChI is InChI=1S/C13H17BrFN3O2/c14-11-3-2-9(15)8-10(11)13(20)18-7-4-12(19)17-6-1-5-16/h2-3,8H,1,4-7,16H2,(H,17,19)(H,18,20). The molecule has 1 aromatic carbocycles. The summed E-state index contributed by atoms with van der Waals surface area (Å²) in [5.74, 6) is -1.07. The first-order valence-corrected chi connectivity index (χ1v) is 7.04. The van der Waals surface area contributed by atoms with Crippen LogP contribution in [-0.2, 0) is 4.79 Å². The van der Waals surface area contributed by atoms with E-state index < -0.39 is 11.7 Å². The van der Waals surface area contributed by atoms with Gasteiger partial charge in [-0.25, -0.2) is 4.39 Å².